The van der Waals surface area contributed by atoms with Gasteiger partial charge in [0.25, 0.3) is 5.91 Å². The van der Waals surface area contributed by atoms with E-state index in [1.54, 1.807) is 18.2 Å². The van der Waals surface area contributed by atoms with Crippen LogP contribution in [0.4, 0.5) is 11.4 Å². The smallest absolute Gasteiger partial charge is 0.276 e. The topological polar surface area (TPSA) is 83.8 Å². The van der Waals surface area contributed by atoms with Crippen molar-refractivity contribution in [1.82, 2.24) is 10.2 Å². The summed E-state index contributed by atoms with van der Waals surface area (Å²) in [6.07, 6.45) is 0. The summed E-state index contributed by atoms with van der Waals surface area (Å²) in [6.45, 7) is 1.99. The molecule has 4 N–H and O–H groups in total. The fourth-order valence-corrected chi connectivity index (χ4v) is 2.70. The van der Waals surface area contributed by atoms with Crippen LogP contribution in [-0.4, -0.2) is 16.1 Å². The largest absolute Gasteiger partial charge is 0.399 e. The predicted octanol–water partition coefficient (Wildman–Crippen LogP) is 3.47. The Morgan fingerprint density at radius 3 is 2.86 bits per heavy atom. The van der Waals surface area contributed by atoms with Gasteiger partial charge in [-0.1, -0.05) is 6.07 Å². The first-order valence-corrected chi connectivity index (χ1v) is 7.15. The number of nitrogens with zero attached hydrogens (tertiary/aromatic N) is 1. The number of carbonyl (C=O) groups excluding carboxylic acids is 1. The van der Waals surface area contributed by atoms with Crippen molar-refractivity contribution in [2.24, 2.45) is 0 Å². The van der Waals surface area contributed by atoms with Crippen LogP contribution in [0.2, 0.25) is 0 Å². The second-order valence-electron chi connectivity index (χ2n) is 4.81. The first-order chi connectivity index (χ1) is 10.0. The number of fused-ring (bicyclic) bond motifs is 1. The molecule has 0 bridgehead atoms. The minimum absolute atomic E-state index is 0.281. The highest BCUT2D eigenvalue weighted by atomic mass is 79.9. The summed E-state index contributed by atoms with van der Waals surface area (Å²) in [4.78, 5) is 12.4. The van der Waals surface area contributed by atoms with Crippen LogP contribution in [0, 0.1) is 6.92 Å². The van der Waals surface area contributed by atoms with E-state index in [0.29, 0.717) is 22.5 Å². The number of nitrogens with two attached hydrogens (primary N) is 1. The molecule has 1 heterocycles. The molecule has 0 fully saturated rings. The van der Waals surface area contributed by atoms with Gasteiger partial charge in [-0.25, -0.2) is 0 Å². The number of halogens is 1. The Hall–Kier alpha value is -2.34. The molecule has 0 saturated carbocycles. The van der Waals surface area contributed by atoms with Crippen LogP contribution >= 0.6 is 15.9 Å². The van der Waals surface area contributed by atoms with E-state index >= 15 is 0 Å². The number of nitrogen functional groups attached to an aromatic ring is 1. The SMILES string of the molecule is Cc1ccc(NC(=O)c2n[nH]c3ccc(N)cc23)c(Br)c1. The van der Waals surface area contributed by atoms with Crippen molar-refractivity contribution in [1.29, 1.82) is 0 Å². The van der Waals surface area contributed by atoms with Crippen LogP contribution in [-0.2, 0) is 0 Å². The second-order valence-corrected chi connectivity index (χ2v) is 5.67. The summed E-state index contributed by atoms with van der Waals surface area (Å²) in [5, 5.41) is 10.4. The number of aryl methyl sites for hydroxylation is 1. The highest BCUT2D eigenvalue weighted by Crippen LogP contribution is 2.25. The summed E-state index contributed by atoms with van der Waals surface area (Å²) in [7, 11) is 0. The summed E-state index contributed by atoms with van der Waals surface area (Å²) in [6, 6.07) is 11.0. The molecule has 0 aliphatic heterocycles. The van der Waals surface area contributed by atoms with Crippen molar-refractivity contribution in [2.45, 2.75) is 6.92 Å². The van der Waals surface area contributed by atoms with Gasteiger partial charge in [-0.2, -0.15) is 5.10 Å². The van der Waals surface area contributed by atoms with Crippen LogP contribution in [0.15, 0.2) is 40.9 Å². The molecule has 0 spiro atoms. The zero-order valence-corrected chi connectivity index (χ0v) is 12.9. The number of aromatic nitrogens is 2. The van der Waals surface area contributed by atoms with Gasteiger partial charge in [0.2, 0.25) is 0 Å². The minimum atomic E-state index is -0.281. The third kappa shape index (κ3) is 2.62. The Morgan fingerprint density at radius 2 is 2.10 bits per heavy atom. The molecule has 0 radical (unpaired) electrons. The van der Waals surface area contributed by atoms with Gasteiger partial charge in [-0.15, -0.1) is 0 Å². The number of aromatic amines is 1. The van der Waals surface area contributed by atoms with E-state index in [-0.39, 0.29) is 5.91 Å². The van der Waals surface area contributed by atoms with Gasteiger partial charge < -0.3 is 11.1 Å². The molecule has 1 aromatic heterocycles. The summed E-state index contributed by atoms with van der Waals surface area (Å²) < 4.78 is 0.829. The van der Waals surface area contributed by atoms with E-state index in [4.69, 9.17) is 5.73 Å². The molecule has 5 nitrogen and oxygen atoms in total. The van der Waals surface area contributed by atoms with Gasteiger partial charge in [-0.05, 0) is 58.7 Å². The van der Waals surface area contributed by atoms with E-state index in [1.807, 2.05) is 25.1 Å². The minimum Gasteiger partial charge on any atom is -0.399 e. The normalized spacial score (nSPS) is 10.8. The molecule has 0 unspecified atom stereocenters. The van der Waals surface area contributed by atoms with Crippen molar-refractivity contribution in [3.05, 3.63) is 52.1 Å². The number of amides is 1. The Morgan fingerprint density at radius 1 is 1.29 bits per heavy atom. The number of rotatable bonds is 2. The molecule has 6 heteroatoms. The molecule has 3 rings (SSSR count). The lowest BCUT2D eigenvalue weighted by atomic mass is 10.1. The highest BCUT2D eigenvalue weighted by Gasteiger charge is 2.15. The van der Waals surface area contributed by atoms with Gasteiger partial charge >= 0.3 is 0 Å². The van der Waals surface area contributed by atoms with Gasteiger partial charge in [0.15, 0.2) is 5.69 Å². The van der Waals surface area contributed by atoms with Crippen LogP contribution in [0.5, 0.6) is 0 Å². The Bertz CT molecular complexity index is 841. The van der Waals surface area contributed by atoms with Crippen LogP contribution in [0.25, 0.3) is 10.9 Å². The predicted molar refractivity (Wildman–Crippen MR) is 87.3 cm³/mol. The zero-order valence-electron chi connectivity index (χ0n) is 11.3. The quantitative estimate of drug-likeness (QED) is 0.622. The fraction of sp³-hybridized carbons (Fsp3) is 0.0667. The average molecular weight is 345 g/mol. The Kier molecular flexibility index (Phi) is 3.39. The Labute approximate surface area is 129 Å². The van der Waals surface area contributed by atoms with E-state index in [9.17, 15) is 4.79 Å². The molecule has 0 saturated heterocycles. The molecule has 21 heavy (non-hydrogen) atoms. The van der Waals surface area contributed by atoms with Gasteiger partial charge in [0, 0.05) is 15.5 Å². The van der Waals surface area contributed by atoms with E-state index < -0.39 is 0 Å². The summed E-state index contributed by atoms with van der Waals surface area (Å²) >= 11 is 3.44. The molecule has 2 aromatic carbocycles. The lowest BCUT2D eigenvalue weighted by Gasteiger charge is -2.07. The Balaban J connectivity index is 1.95. The van der Waals surface area contributed by atoms with E-state index in [1.165, 1.54) is 0 Å². The first kappa shape index (κ1) is 13.6. The standard InChI is InChI=1S/C15H13BrN4O/c1-8-2-4-13(11(16)6-8)18-15(21)14-10-7-9(17)3-5-12(10)19-20-14/h2-7H,17H2,1H3,(H,18,21)(H,19,20). The number of hydrogen-bond acceptors (Lipinski definition) is 3. The van der Waals surface area contributed by atoms with Gasteiger partial charge in [0.05, 0.1) is 11.2 Å². The number of anilines is 2. The van der Waals surface area contributed by atoms with Crippen LogP contribution < -0.4 is 11.1 Å². The summed E-state index contributed by atoms with van der Waals surface area (Å²) in [5.74, 6) is -0.281. The van der Waals surface area contributed by atoms with Crippen molar-refractivity contribution in [3.8, 4) is 0 Å². The molecule has 3 aromatic rings. The van der Waals surface area contributed by atoms with E-state index in [2.05, 4.69) is 31.4 Å². The molecule has 0 atom stereocenters. The highest BCUT2D eigenvalue weighted by molar-refractivity contribution is 9.10. The third-order valence-electron chi connectivity index (χ3n) is 3.17. The molecular weight excluding hydrogens is 332 g/mol. The lowest BCUT2D eigenvalue weighted by Crippen LogP contribution is -2.13. The monoisotopic (exact) mass is 344 g/mol. The van der Waals surface area contributed by atoms with E-state index in [0.717, 1.165) is 15.6 Å². The third-order valence-corrected chi connectivity index (χ3v) is 3.83. The van der Waals surface area contributed by atoms with Crippen LogP contribution in [0.1, 0.15) is 16.1 Å². The summed E-state index contributed by atoms with van der Waals surface area (Å²) in [5.41, 5.74) is 9.26. The number of benzene rings is 2. The molecule has 106 valence electrons. The van der Waals surface area contributed by atoms with Crippen molar-refractivity contribution >= 4 is 44.1 Å². The van der Waals surface area contributed by atoms with Crippen LogP contribution in [0.3, 0.4) is 0 Å². The second kappa shape index (κ2) is 5.21. The maximum atomic E-state index is 12.4. The lowest BCUT2D eigenvalue weighted by molar-refractivity contribution is 0.102. The van der Waals surface area contributed by atoms with Gasteiger partial charge in [0.1, 0.15) is 0 Å². The first-order valence-electron chi connectivity index (χ1n) is 6.36. The number of nitrogens with one attached hydrogen (secondary N) is 2. The molecule has 0 aliphatic rings. The van der Waals surface area contributed by atoms with Gasteiger partial charge in [-0.3, -0.25) is 9.89 Å². The van der Waals surface area contributed by atoms with Crippen molar-refractivity contribution in [3.63, 3.8) is 0 Å². The van der Waals surface area contributed by atoms with Crippen molar-refractivity contribution in [2.75, 3.05) is 11.1 Å². The average Bonchev–Trinajstić information content (AvgIpc) is 2.85. The maximum Gasteiger partial charge on any atom is 0.276 e. The fourth-order valence-electron chi connectivity index (χ4n) is 2.11. The van der Waals surface area contributed by atoms with Crippen molar-refractivity contribution < 1.29 is 4.79 Å². The molecule has 1 amide bonds. The molecular formula is C15H13BrN4O. The number of carbonyl (C=O) groups is 1. The maximum absolute atomic E-state index is 12.4. The zero-order chi connectivity index (χ0) is 15.0. The number of H-pyrrole nitrogens is 1. The number of hydrogen-bond donors (Lipinski definition) is 3. The molecule has 0 aliphatic carbocycles.